The van der Waals surface area contributed by atoms with Crippen molar-refractivity contribution in [3.8, 4) is 6.07 Å². The fourth-order valence-electron chi connectivity index (χ4n) is 0.558. The highest BCUT2D eigenvalue weighted by Crippen LogP contribution is 2.08. The summed E-state index contributed by atoms with van der Waals surface area (Å²) >= 11 is 5.57. The average Bonchev–Trinajstić information content (AvgIpc) is 2.01. The van der Waals surface area contributed by atoms with Gasteiger partial charge < -0.3 is 0 Å². The van der Waals surface area contributed by atoms with E-state index in [0.29, 0.717) is 10.6 Å². The molecule has 0 amide bonds. The minimum Gasteiger partial charge on any atom is -0.195 e. The Balaban J connectivity index is 0.000000292. The van der Waals surface area contributed by atoms with Crippen LogP contribution in [0, 0.1) is 11.3 Å². The molecule has 76 valence electrons. The first-order valence-electron chi connectivity index (χ1n) is 3.13. The summed E-state index contributed by atoms with van der Waals surface area (Å²) in [5.74, 6) is 0. The summed E-state index contributed by atoms with van der Waals surface area (Å²) in [6.45, 7) is 0. The molecular formula is C7H4Cl3NO2S. The molecule has 1 aromatic carbocycles. The fourth-order valence-corrected chi connectivity index (χ4v) is 0.748. The Kier molecular flexibility index (Phi) is 5.89. The van der Waals surface area contributed by atoms with Gasteiger partial charge in [0.05, 0.1) is 11.6 Å². The van der Waals surface area contributed by atoms with Gasteiger partial charge in [0.15, 0.2) is 0 Å². The molecule has 0 aliphatic carbocycles. The highest BCUT2D eigenvalue weighted by molar-refractivity contribution is 8.31. The molecule has 3 nitrogen and oxygen atoms in total. The molecule has 0 saturated carbocycles. The summed E-state index contributed by atoms with van der Waals surface area (Å²) in [4.78, 5) is 0. The van der Waals surface area contributed by atoms with Gasteiger partial charge in [-0.05, 0) is 18.2 Å². The Morgan fingerprint density at radius 1 is 1.29 bits per heavy atom. The van der Waals surface area contributed by atoms with Gasteiger partial charge in [-0.2, -0.15) is 13.7 Å². The highest BCUT2D eigenvalue weighted by atomic mass is 36.0. The van der Waals surface area contributed by atoms with E-state index in [1.54, 1.807) is 24.3 Å². The maximum atomic E-state index is 9.16. The monoisotopic (exact) mass is 271 g/mol. The van der Waals surface area contributed by atoms with Gasteiger partial charge in [-0.1, -0.05) is 17.7 Å². The van der Waals surface area contributed by atoms with Crippen LogP contribution in [0.5, 0.6) is 0 Å². The minimum absolute atomic E-state index is 0.600. The van der Waals surface area contributed by atoms with Gasteiger partial charge in [0.2, 0.25) is 0 Å². The van der Waals surface area contributed by atoms with Crippen LogP contribution >= 0.6 is 33.0 Å². The first kappa shape index (κ1) is 13.5. The number of nitriles is 1. The molecule has 0 aliphatic heterocycles. The zero-order valence-corrected chi connectivity index (χ0v) is 9.70. The third-order valence-corrected chi connectivity index (χ3v) is 1.19. The van der Waals surface area contributed by atoms with Crippen LogP contribution in [-0.4, -0.2) is 8.42 Å². The summed E-state index contributed by atoms with van der Waals surface area (Å²) in [5.41, 5.74) is 0.600. The molecule has 0 atom stereocenters. The van der Waals surface area contributed by atoms with Crippen LogP contribution in [0.4, 0.5) is 0 Å². The normalized spacial score (nSPS) is 9.57. The molecule has 0 heterocycles. The largest absolute Gasteiger partial charge is 0.317 e. The smallest absolute Gasteiger partial charge is 0.195 e. The molecule has 0 fully saturated rings. The van der Waals surface area contributed by atoms with E-state index < -0.39 is 8.26 Å². The van der Waals surface area contributed by atoms with Crippen molar-refractivity contribution in [3.63, 3.8) is 0 Å². The van der Waals surface area contributed by atoms with Crippen LogP contribution < -0.4 is 0 Å². The van der Waals surface area contributed by atoms with Gasteiger partial charge in [-0.15, -0.1) is 0 Å². The van der Waals surface area contributed by atoms with E-state index in [1.807, 2.05) is 6.07 Å². The van der Waals surface area contributed by atoms with E-state index in [1.165, 1.54) is 0 Å². The molecule has 7 heteroatoms. The molecule has 0 aromatic heterocycles. The van der Waals surface area contributed by atoms with Crippen LogP contribution in [-0.2, 0) is 8.26 Å². The Hall–Kier alpha value is -0.470. The van der Waals surface area contributed by atoms with Crippen LogP contribution in [0.15, 0.2) is 24.3 Å². The van der Waals surface area contributed by atoms with Crippen molar-refractivity contribution in [1.29, 1.82) is 5.26 Å². The van der Waals surface area contributed by atoms with E-state index in [4.69, 9.17) is 25.3 Å². The van der Waals surface area contributed by atoms with Gasteiger partial charge in [0, 0.05) is 26.4 Å². The average molecular weight is 273 g/mol. The number of rotatable bonds is 0. The van der Waals surface area contributed by atoms with Gasteiger partial charge in [0.25, 0.3) is 0 Å². The fraction of sp³-hybridized carbons (Fsp3) is 0. The topological polar surface area (TPSA) is 57.9 Å². The summed E-state index contributed by atoms with van der Waals surface area (Å²) in [6.07, 6.45) is 0. The second kappa shape index (κ2) is 6.10. The first-order chi connectivity index (χ1) is 6.33. The lowest BCUT2D eigenvalue weighted by Gasteiger charge is -1.86. The number of nitrogens with zero attached hydrogens (tertiary/aromatic N) is 1. The van der Waals surface area contributed by atoms with Crippen molar-refractivity contribution in [3.05, 3.63) is 34.9 Å². The molecule has 14 heavy (non-hydrogen) atoms. The van der Waals surface area contributed by atoms with E-state index in [-0.39, 0.29) is 0 Å². The van der Waals surface area contributed by atoms with Crippen LogP contribution in [0.2, 0.25) is 5.02 Å². The molecule has 0 saturated heterocycles. The van der Waals surface area contributed by atoms with Crippen molar-refractivity contribution in [2.24, 2.45) is 0 Å². The SMILES string of the molecule is N#Cc1cccc(Cl)c1.O=S(=O)(Cl)Cl. The van der Waals surface area contributed by atoms with Gasteiger partial charge in [0.1, 0.15) is 0 Å². The van der Waals surface area contributed by atoms with Gasteiger partial charge in [-0.3, -0.25) is 0 Å². The van der Waals surface area contributed by atoms with Crippen molar-refractivity contribution in [2.75, 3.05) is 0 Å². The molecule has 0 unspecified atom stereocenters. The highest BCUT2D eigenvalue weighted by Gasteiger charge is 1.89. The third-order valence-electron chi connectivity index (χ3n) is 0.954. The number of hydrogen-bond acceptors (Lipinski definition) is 3. The molecule has 1 aromatic rings. The van der Waals surface area contributed by atoms with Crippen LogP contribution in [0.3, 0.4) is 0 Å². The van der Waals surface area contributed by atoms with Crippen molar-refractivity contribution < 1.29 is 8.42 Å². The van der Waals surface area contributed by atoms with Crippen LogP contribution in [0.1, 0.15) is 5.56 Å². The zero-order valence-electron chi connectivity index (χ0n) is 6.62. The molecule has 0 aliphatic rings. The first-order valence-corrected chi connectivity index (χ1v) is 6.64. The third kappa shape index (κ3) is 9.62. The molecular weight excluding hydrogens is 269 g/mol. The summed E-state index contributed by atoms with van der Waals surface area (Å²) in [5, 5.41) is 8.96. The predicted molar refractivity (Wildman–Crippen MR) is 56.8 cm³/mol. The second-order valence-corrected chi connectivity index (χ2v) is 6.11. The van der Waals surface area contributed by atoms with E-state index in [0.717, 1.165) is 0 Å². The lowest BCUT2D eigenvalue weighted by Crippen LogP contribution is -1.69. The zero-order chi connectivity index (χ0) is 11.2. The van der Waals surface area contributed by atoms with E-state index >= 15 is 0 Å². The Labute approximate surface area is 95.7 Å². The summed E-state index contributed by atoms with van der Waals surface area (Å²) in [6, 6.07) is 8.81. The van der Waals surface area contributed by atoms with Crippen LogP contribution in [0.25, 0.3) is 0 Å². The standard InChI is InChI=1S/C7H4ClN.Cl2O2S/c8-7-3-1-2-6(4-7)5-9;1-5(2,3)4/h1-4H;. The number of halogens is 3. The lowest BCUT2D eigenvalue weighted by atomic mass is 10.2. The molecule has 0 radical (unpaired) electrons. The predicted octanol–water partition coefficient (Wildman–Crippen LogP) is 2.92. The minimum atomic E-state index is -3.72. The Morgan fingerprint density at radius 3 is 2.07 bits per heavy atom. The quantitative estimate of drug-likeness (QED) is 0.682. The molecule has 0 N–H and O–H groups in total. The molecule has 0 bridgehead atoms. The summed E-state index contributed by atoms with van der Waals surface area (Å²) in [7, 11) is 4.81. The maximum absolute atomic E-state index is 9.16. The van der Waals surface area contributed by atoms with Crippen molar-refractivity contribution in [1.82, 2.24) is 0 Å². The second-order valence-electron chi connectivity index (χ2n) is 2.00. The Bertz CT molecular complexity index is 430. The lowest BCUT2D eigenvalue weighted by molar-refractivity contribution is 0.621. The van der Waals surface area contributed by atoms with E-state index in [2.05, 4.69) is 21.4 Å². The number of benzene rings is 1. The van der Waals surface area contributed by atoms with Crippen molar-refractivity contribution >= 4 is 41.2 Å². The van der Waals surface area contributed by atoms with Gasteiger partial charge >= 0.3 is 8.26 Å². The Morgan fingerprint density at radius 2 is 1.79 bits per heavy atom. The molecule has 0 spiro atoms. The van der Waals surface area contributed by atoms with Gasteiger partial charge in [-0.25, -0.2) is 0 Å². The summed E-state index contributed by atoms with van der Waals surface area (Å²) < 4.78 is 18.3. The number of hydrogen-bond donors (Lipinski definition) is 0. The van der Waals surface area contributed by atoms with E-state index in [9.17, 15) is 0 Å². The molecule has 1 rings (SSSR count). The van der Waals surface area contributed by atoms with Crippen molar-refractivity contribution in [2.45, 2.75) is 0 Å². The maximum Gasteiger partial charge on any atom is 0.317 e.